The highest BCUT2D eigenvalue weighted by atomic mass is 16.5. The van der Waals surface area contributed by atoms with Crippen LogP contribution in [-0.2, 0) is 4.74 Å². The molecule has 0 fully saturated rings. The van der Waals surface area contributed by atoms with Crippen molar-refractivity contribution in [3.05, 3.63) is 94.0 Å². The van der Waals surface area contributed by atoms with Gasteiger partial charge in [-0.3, -0.25) is 5.32 Å². The van der Waals surface area contributed by atoms with E-state index >= 15 is 0 Å². The highest BCUT2D eigenvalue weighted by molar-refractivity contribution is 5.86. The van der Waals surface area contributed by atoms with Crippen LogP contribution in [0.25, 0.3) is 0 Å². The molecule has 2 atom stereocenters. The lowest BCUT2D eigenvalue weighted by molar-refractivity contribution is 0.160. The molecule has 35 heavy (non-hydrogen) atoms. The fraction of sp³-hybridized carbons (Fsp3) is 0.387. The van der Waals surface area contributed by atoms with E-state index in [0.29, 0.717) is 18.4 Å². The van der Waals surface area contributed by atoms with Crippen molar-refractivity contribution in [2.45, 2.75) is 58.3 Å². The summed E-state index contributed by atoms with van der Waals surface area (Å²) in [7, 11) is 0. The number of nitrogens with zero attached hydrogens (tertiary/aromatic N) is 1. The molecule has 0 saturated heterocycles. The number of rotatable bonds is 6. The van der Waals surface area contributed by atoms with Crippen LogP contribution >= 0.6 is 0 Å². The molecule has 0 aromatic heterocycles. The molecule has 0 spiro atoms. The van der Waals surface area contributed by atoms with Gasteiger partial charge in [0.15, 0.2) is 0 Å². The Labute approximate surface area is 209 Å². The summed E-state index contributed by atoms with van der Waals surface area (Å²) in [6.07, 6.45) is 3.67. The van der Waals surface area contributed by atoms with Gasteiger partial charge in [0.05, 0.1) is 6.61 Å². The second-order valence-electron chi connectivity index (χ2n) is 10.1. The quantitative estimate of drug-likeness (QED) is 0.380. The highest BCUT2D eigenvalue weighted by Crippen LogP contribution is 2.49. The van der Waals surface area contributed by atoms with Crippen LogP contribution in [0.15, 0.2) is 60.7 Å². The standard InChI is InChI=1S/C31H36N2O2/c1-4-5-16-35-31(34)32-25-19-28-26(23-10-6-8-21(2)17-23)12-14-33-15-13-27(29(20-25)30(28)33)24-11-7-9-22(3)18-24/h6-11,17-20,26-27H,4-5,12-16H2,1-3H3,(H,32,34)/t26-,27+. The SMILES string of the molecule is CCCCOC(=O)Nc1cc2c3c(c1)[C@H](c1cccc(C)c1)CCN3CC[C@@H]2c1cccc(C)c1. The van der Waals surface area contributed by atoms with Gasteiger partial charge in [0.25, 0.3) is 0 Å². The van der Waals surface area contributed by atoms with Gasteiger partial charge >= 0.3 is 6.09 Å². The molecule has 3 aromatic carbocycles. The number of benzene rings is 3. The Hall–Kier alpha value is -3.27. The van der Waals surface area contributed by atoms with Gasteiger partial charge in [0.1, 0.15) is 0 Å². The average molecular weight is 469 g/mol. The van der Waals surface area contributed by atoms with E-state index < -0.39 is 0 Å². The van der Waals surface area contributed by atoms with Gasteiger partial charge in [-0.05, 0) is 67.5 Å². The van der Waals surface area contributed by atoms with E-state index in [0.717, 1.165) is 44.5 Å². The molecular formula is C31H36N2O2. The minimum Gasteiger partial charge on any atom is -0.449 e. The summed E-state index contributed by atoms with van der Waals surface area (Å²) in [6.45, 7) is 8.98. The van der Waals surface area contributed by atoms with Crippen LogP contribution in [0.4, 0.5) is 16.2 Å². The molecule has 2 aliphatic heterocycles. The number of amides is 1. The van der Waals surface area contributed by atoms with Crippen molar-refractivity contribution in [2.24, 2.45) is 0 Å². The van der Waals surface area contributed by atoms with Gasteiger partial charge in [-0.1, -0.05) is 73.0 Å². The van der Waals surface area contributed by atoms with E-state index in [9.17, 15) is 4.79 Å². The van der Waals surface area contributed by atoms with Gasteiger partial charge in [-0.2, -0.15) is 0 Å². The van der Waals surface area contributed by atoms with Crippen molar-refractivity contribution in [3.63, 3.8) is 0 Å². The zero-order chi connectivity index (χ0) is 24.4. The molecule has 4 nitrogen and oxygen atoms in total. The van der Waals surface area contributed by atoms with Gasteiger partial charge in [0.2, 0.25) is 0 Å². The van der Waals surface area contributed by atoms with Crippen LogP contribution < -0.4 is 10.2 Å². The fourth-order valence-corrected chi connectivity index (χ4v) is 5.79. The first-order chi connectivity index (χ1) is 17.0. The summed E-state index contributed by atoms with van der Waals surface area (Å²) in [4.78, 5) is 15.1. The molecule has 3 aromatic rings. The summed E-state index contributed by atoms with van der Waals surface area (Å²) >= 11 is 0. The first-order valence-corrected chi connectivity index (χ1v) is 13.0. The van der Waals surface area contributed by atoms with Crippen LogP contribution in [0.2, 0.25) is 0 Å². The van der Waals surface area contributed by atoms with Crippen molar-refractivity contribution >= 4 is 17.5 Å². The first kappa shape index (κ1) is 23.5. The van der Waals surface area contributed by atoms with Crippen molar-refractivity contribution in [1.29, 1.82) is 0 Å². The number of carbonyl (C=O) groups is 1. The maximum atomic E-state index is 12.6. The minimum atomic E-state index is -0.367. The number of hydrogen-bond donors (Lipinski definition) is 1. The summed E-state index contributed by atoms with van der Waals surface area (Å²) in [5.74, 6) is 0.628. The number of anilines is 2. The largest absolute Gasteiger partial charge is 0.449 e. The number of carbonyl (C=O) groups excluding carboxylic acids is 1. The van der Waals surface area contributed by atoms with E-state index in [1.165, 1.54) is 39.1 Å². The summed E-state index contributed by atoms with van der Waals surface area (Å²) in [5, 5.41) is 3.05. The molecule has 5 rings (SSSR count). The Bertz CT molecular complexity index is 1140. The average Bonchev–Trinajstić information content (AvgIpc) is 2.84. The second kappa shape index (κ2) is 10.2. The van der Waals surface area contributed by atoms with Crippen LogP contribution in [0.5, 0.6) is 0 Å². The number of ether oxygens (including phenoxy) is 1. The van der Waals surface area contributed by atoms with Crippen LogP contribution in [0, 0.1) is 13.8 Å². The van der Waals surface area contributed by atoms with Crippen LogP contribution in [0.1, 0.15) is 77.8 Å². The van der Waals surface area contributed by atoms with Crippen molar-refractivity contribution in [2.75, 3.05) is 29.9 Å². The van der Waals surface area contributed by atoms with Crippen LogP contribution in [0.3, 0.4) is 0 Å². The zero-order valence-electron chi connectivity index (χ0n) is 21.1. The molecule has 0 unspecified atom stereocenters. The van der Waals surface area contributed by atoms with Crippen LogP contribution in [-0.4, -0.2) is 25.8 Å². The normalized spacial score (nSPS) is 18.7. The molecule has 0 bridgehead atoms. The van der Waals surface area contributed by atoms with E-state index in [4.69, 9.17) is 4.74 Å². The third-order valence-electron chi connectivity index (χ3n) is 7.48. The molecule has 1 N–H and O–H groups in total. The summed E-state index contributed by atoms with van der Waals surface area (Å²) in [5.41, 5.74) is 10.1. The number of aryl methyl sites for hydroxylation is 2. The predicted molar refractivity (Wildman–Crippen MR) is 144 cm³/mol. The molecule has 1 amide bonds. The third kappa shape index (κ3) is 4.93. The smallest absolute Gasteiger partial charge is 0.411 e. The van der Waals surface area contributed by atoms with E-state index in [1.54, 1.807) is 0 Å². The van der Waals surface area contributed by atoms with Gasteiger partial charge in [-0.25, -0.2) is 4.79 Å². The maximum absolute atomic E-state index is 12.6. The zero-order valence-corrected chi connectivity index (χ0v) is 21.1. The van der Waals surface area contributed by atoms with Crippen molar-refractivity contribution in [1.82, 2.24) is 0 Å². The monoisotopic (exact) mass is 468 g/mol. The Kier molecular flexibility index (Phi) is 6.81. The highest BCUT2D eigenvalue weighted by Gasteiger charge is 2.35. The first-order valence-electron chi connectivity index (χ1n) is 13.0. The lowest BCUT2D eigenvalue weighted by Gasteiger charge is -2.43. The summed E-state index contributed by atoms with van der Waals surface area (Å²) in [6, 6.07) is 22.1. The second-order valence-corrected chi connectivity index (χ2v) is 10.1. The van der Waals surface area contributed by atoms with Crippen molar-refractivity contribution < 1.29 is 9.53 Å². The molecule has 0 saturated carbocycles. The predicted octanol–water partition coefficient (Wildman–Crippen LogP) is 7.53. The Morgan fingerprint density at radius 2 is 1.49 bits per heavy atom. The van der Waals surface area contributed by atoms with E-state index in [-0.39, 0.29) is 6.09 Å². The third-order valence-corrected chi connectivity index (χ3v) is 7.48. The Morgan fingerprint density at radius 3 is 2.00 bits per heavy atom. The molecule has 0 aliphatic carbocycles. The van der Waals surface area contributed by atoms with Crippen molar-refractivity contribution in [3.8, 4) is 0 Å². The Morgan fingerprint density at radius 1 is 0.914 bits per heavy atom. The lowest BCUT2D eigenvalue weighted by atomic mass is 9.76. The fourth-order valence-electron chi connectivity index (χ4n) is 5.79. The van der Waals surface area contributed by atoms with Gasteiger partial charge < -0.3 is 9.64 Å². The minimum absolute atomic E-state index is 0.314. The number of hydrogen-bond acceptors (Lipinski definition) is 3. The number of unbranched alkanes of at least 4 members (excludes halogenated alkanes) is 1. The Balaban J connectivity index is 1.60. The molecule has 2 heterocycles. The number of nitrogens with one attached hydrogen (secondary N) is 1. The summed E-state index contributed by atoms with van der Waals surface area (Å²) < 4.78 is 5.43. The molecule has 4 heteroatoms. The maximum Gasteiger partial charge on any atom is 0.411 e. The topological polar surface area (TPSA) is 41.6 Å². The van der Waals surface area contributed by atoms with Gasteiger partial charge in [0, 0.05) is 36.3 Å². The molecule has 2 aliphatic rings. The molecular weight excluding hydrogens is 432 g/mol. The van der Waals surface area contributed by atoms with E-state index in [2.05, 4.69) is 91.7 Å². The van der Waals surface area contributed by atoms with Gasteiger partial charge in [-0.15, -0.1) is 0 Å². The lowest BCUT2D eigenvalue weighted by Crippen LogP contribution is -2.37. The molecule has 182 valence electrons. The van der Waals surface area contributed by atoms with E-state index in [1.807, 2.05) is 0 Å². The molecule has 0 radical (unpaired) electrons.